The van der Waals surface area contributed by atoms with Crippen molar-refractivity contribution in [3.63, 3.8) is 0 Å². The van der Waals surface area contributed by atoms with E-state index in [1.54, 1.807) is 11.3 Å². The molecule has 25 heavy (non-hydrogen) atoms. The van der Waals surface area contributed by atoms with Gasteiger partial charge in [0, 0.05) is 49.3 Å². The zero-order valence-electron chi connectivity index (χ0n) is 15.1. The second-order valence-corrected chi connectivity index (χ2v) is 8.43. The Labute approximate surface area is 154 Å². The number of nitrogens with zero attached hydrogens (tertiary/aromatic N) is 2. The topological polar surface area (TPSA) is 52.6 Å². The van der Waals surface area contributed by atoms with Gasteiger partial charge in [0.2, 0.25) is 11.8 Å². The number of likely N-dealkylation sites (tertiary alicyclic amines) is 2. The third-order valence-electron chi connectivity index (χ3n) is 5.57. The van der Waals surface area contributed by atoms with Crippen LogP contribution in [0.3, 0.4) is 0 Å². The first kappa shape index (κ1) is 18.4. The molecular weight excluding hydrogens is 334 g/mol. The lowest BCUT2D eigenvalue weighted by Gasteiger charge is -2.48. The van der Waals surface area contributed by atoms with Crippen molar-refractivity contribution in [2.75, 3.05) is 32.7 Å². The van der Waals surface area contributed by atoms with E-state index in [9.17, 15) is 9.59 Å². The number of rotatable bonds is 6. The number of hydrogen-bond acceptors (Lipinski definition) is 4. The Hall–Kier alpha value is -1.40. The van der Waals surface area contributed by atoms with E-state index >= 15 is 0 Å². The van der Waals surface area contributed by atoms with Crippen LogP contribution in [0.25, 0.3) is 0 Å². The second kappa shape index (κ2) is 8.32. The molecule has 2 fully saturated rings. The minimum Gasteiger partial charge on any atom is -0.351 e. The van der Waals surface area contributed by atoms with Crippen LogP contribution in [0.5, 0.6) is 0 Å². The van der Waals surface area contributed by atoms with Crippen molar-refractivity contribution in [1.82, 2.24) is 15.1 Å². The van der Waals surface area contributed by atoms with E-state index in [-0.39, 0.29) is 11.3 Å². The molecule has 2 aliphatic heterocycles. The molecule has 2 amide bonds. The Morgan fingerprint density at radius 1 is 1.36 bits per heavy atom. The molecule has 0 aromatic carbocycles. The number of piperidine rings is 2. The van der Waals surface area contributed by atoms with Gasteiger partial charge < -0.3 is 15.1 Å². The molecule has 1 aromatic heterocycles. The molecule has 0 aliphatic carbocycles. The van der Waals surface area contributed by atoms with Crippen LogP contribution in [0, 0.1) is 5.41 Å². The van der Waals surface area contributed by atoms with Gasteiger partial charge in [0.1, 0.15) is 0 Å². The van der Waals surface area contributed by atoms with E-state index in [0.29, 0.717) is 25.3 Å². The molecule has 2 aliphatic rings. The van der Waals surface area contributed by atoms with Crippen molar-refractivity contribution in [3.8, 4) is 0 Å². The van der Waals surface area contributed by atoms with Crippen LogP contribution in [0.1, 0.15) is 43.9 Å². The molecule has 138 valence electrons. The molecule has 3 heterocycles. The van der Waals surface area contributed by atoms with Crippen LogP contribution in [0.15, 0.2) is 17.5 Å². The van der Waals surface area contributed by atoms with Gasteiger partial charge in [-0.1, -0.05) is 6.07 Å². The first-order chi connectivity index (χ1) is 12.1. The summed E-state index contributed by atoms with van der Waals surface area (Å²) in [4.78, 5) is 29.7. The lowest BCUT2D eigenvalue weighted by atomic mass is 9.73. The monoisotopic (exact) mass is 363 g/mol. The number of amides is 2. The molecule has 0 unspecified atom stereocenters. The molecular formula is C19H29N3O2S. The summed E-state index contributed by atoms with van der Waals surface area (Å²) in [6, 6.07) is 4.05. The van der Waals surface area contributed by atoms with Gasteiger partial charge in [-0.3, -0.25) is 9.59 Å². The highest BCUT2D eigenvalue weighted by Gasteiger charge is 2.41. The van der Waals surface area contributed by atoms with Gasteiger partial charge in [-0.25, -0.2) is 0 Å². The molecule has 1 aromatic rings. The Morgan fingerprint density at radius 2 is 2.24 bits per heavy atom. The molecule has 0 bridgehead atoms. The second-order valence-electron chi connectivity index (χ2n) is 7.39. The average Bonchev–Trinajstić information content (AvgIpc) is 3.14. The molecule has 1 atom stereocenters. The van der Waals surface area contributed by atoms with Crippen LogP contribution >= 0.6 is 11.3 Å². The Morgan fingerprint density at radius 3 is 3.00 bits per heavy atom. The zero-order valence-corrected chi connectivity index (χ0v) is 15.9. The number of nitrogens with one attached hydrogen (secondary N) is 1. The summed E-state index contributed by atoms with van der Waals surface area (Å²) in [5, 5.41) is 5.04. The lowest BCUT2D eigenvalue weighted by molar-refractivity contribution is -0.139. The first-order valence-electron chi connectivity index (χ1n) is 9.39. The van der Waals surface area contributed by atoms with Crippen LogP contribution in [0.2, 0.25) is 0 Å². The fraction of sp³-hybridized carbons (Fsp3) is 0.684. The Balaban J connectivity index is 1.45. The largest absolute Gasteiger partial charge is 0.351 e. The number of carbonyl (C=O) groups is 2. The van der Waals surface area contributed by atoms with E-state index in [2.05, 4.69) is 17.1 Å². The Bertz CT molecular complexity index is 589. The molecule has 1 N–H and O–H groups in total. The highest BCUT2D eigenvalue weighted by molar-refractivity contribution is 7.09. The smallest absolute Gasteiger partial charge is 0.222 e. The van der Waals surface area contributed by atoms with E-state index in [4.69, 9.17) is 0 Å². The molecule has 0 saturated carbocycles. The average molecular weight is 364 g/mol. The summed E-state index contributed by atoms with van der Waals surface area (Å²) in [5.74, 6) is 0.431. The van der Waals surface area contributed by atoms with Crippen molar-refractivity contribution in [1.29, 1.82) is 0 Å². The van der Waals surface area contributed by atoms with Crippen LogP contribution in [-0.4, -0.2) is 54.3 Å². The normalized spacial score (nSPS) is 24.7. The van der Waals surface area contributed by atoms with Gasteiger partial charge in [0.25, 0.3) is 0 Å². The molecule has 0 radical (unpaired) electrons. The van der Waals surface area contributed by atoms with Crippen molar-refractivity contribution in [3.05, 3.63) is 22.4 Å². The summed E-state index contributed by atoms with van der Waals surface area (Å²) in [5.41, 5.74) is 0.246. The lowest BCUT2D eigenvalue weighted by Crippen LogP contribution is -2.54. The third-order valence-corrected chi connectivity index (χ3v) is 6.44. The van der Waals surface area contributed by atoms with Gasteiger partial charge in [-0.2, -0.15) is 0 Å². The highest BCUT2D eigenvalue weighted by atomic mass is 32.1. The molecule has 6 heteroatoms. The SMILES string of the molecule is CCN1C[C@@]2(CCCN(CCC(=O)NCc3cccs3)C2)CCC1=O. The minimum absolute atomic E-state index is 0.127. The van der Waals surface area contributed by atoms with E-state index < -0.39 is 0 Å². The van der Waals surface area contributed by atoms with Gasteiger partial charge in [-0.05, 0) is 44.2 Å². The fourth-order valence-electron chi connectivity index (χ4n) is 4.17. The summed E-state index contributed by atoms with van der Waals surface area (Å²) < 4.78 is 0. The van der Waals surface area contributed by atoms with E-state index in [1.165, 1.54) is 17.7 Å². The third kappa shape index (κ3) is 4.82. The summed E-state index contributed by atoms with van der Waals surface area (Å²) in [7, 11) is 0. The van der Waals surface area contributed by atoms with E-state index in [1.807, 2.05) is 22.4 Å². The van der Waals surface area contributed by atoms with Gasteiger partial charge >= 0.3 is 0 Å². The maximum atomic E-state index is 12.1. The molecule has 1 spiro atoms. The standard InChI is InChI=1S/C19H29N3O2S/c1-2-22-15-19(9-6-18(22)24)8-4-10-21(14-19)11-7-17(23)20-13-16-5-3-12-25-16/h3,5,12H,2,4,6-11,13-15H2,1H3,(H,20,23)/t19-/m0/s1. The van der Waals surface area contributed by atoms with Crippen LogP contribution in [-0.2, 0) is 16.1 Å². The van der Waals surface area contributed by atoms with Crippen molar-refractivity contribution < 1.29 is 9.59 Å². The molecule has 3 rings (SSSR count). The predicted molar refractivity (Wildman–Crippen MR) is 100 cm³/mol. The van der Waals surface area contributed by atoms with Gasteiger partial charge in [0.15, 0.2) is 0 Å². The van der Waals surface area contributed by atoms with Crippen molar-refractivity contribution >= 4 is 23.2 Å². The minimum atomic E-state index is 0.127. The maximum Gasteiger partial charge on any atom is 0.222 e. The number of carbonyl (C=O) groups excluding carboxylic acids is 2. The molecule has 5 nitrogen and oxygen atoms in total. The Kier molecular flexibility index (Phi) is 6.12. The summed E-state index contributed by atoms with van der Waals surface area (Å²) >= 11 is 1.67. The van der Waals surface area contributed by atoms with Crippen LogP contribution < -0.4 is 5.32 Å². The zero-order chi connectivity index (χ0) is 17.7. The fourth-order valence-corrected chi connectivity index (χ4v) is 4.82. The van der Waals surface area contributed by atoms with Crippen LogP contribution in [0.4, 0.5) is 0 Å². The highest BCUT2D eigenvalue weighted by Crippen LogP contribution is 2.38. The first-order valence-corrected chi connectivity index (χ1v) is 10.3. The number of hydrogen-bond donors (Lipinski definition) is 1. The summed E-state index contributed by atoms with van der Waals surface area (Å²) in [6.45, 7) is 7.31. The number of thiophene rings is 1. The molecule has 2 saturated heterocycles. The predicted octanol–water partition coefficient (Wildman–Crippen LogP) is 2.48. The van der Waals surface area contributed by atoms with E-state index in [0.717, 1.165) is 39.1 Å². The van der Waals surface area contributed by atoms with Crippen molar-refractivity contribution in [2.24, 2.45) is 5.41 Å². The summed E-state index contributed by atoms with van der Waals surface area (Å²) in [6.07, 6.45) is 4.62. The van der Waals surface area contributed by atoms with Gasteiger partial charge in [-0.15, -0.1) is 11.3 Å². The maximum absolute atomic E-state index is 12.1. The van der Waals surface area contributed by atoms with Crippen molar-refractivity contribution in [2.45, 2.75) is 45.6 Å². The quantitative estimate of drug-likeness (QED) is 0.845. The van der Waals surface area contributed by atoms with Gasteiger partial charge in [0.05, 0.1) is 6.54 Å².